The van der Waals surface area contributed by atoms with Gasteiger partial charge in [0, 0.05) is 12.3 Å². The summed E-state index contributed by atoms with van der Waals surface area (Å²) in [5.41, 5.74) is 7.50. The zero-order valence-electron chi connectivity index (χ0n) is 10.1. The van der Waals surface area contributed by atoms with Crippen molar-refractivity contribution >= 4 is 11.8 Å². The quantitative estimate of drug-likeness (QED) is 0.865. The van der Waals surface area contributed by atoms with Gasteiger partial charge in [-0.25, -0.2) is 4.39 Å². The molecule has 0 unspecified atom stereocenters. The number of nitrogens with two attached hydrogens (primary N) is 1. The van der Waals surface area contributed by atoms with Gasteiger partial charge in [-0.3, -0.25) is 0 Å². The second-order valence-electron chi connectivity index (χ2n) is 4.84. The minimum absolute atomic E-state index is 0.163. The van der Waals surface area contributed by atoms with Crippen molar-refractivity contribution in [1.82, 2.24) is 0 Å². The first-order valence-electron chi connectivity index (χ1n) is 6.34. The number of hydrogen-bond acceptors (Lipinski definition) is 2. The van der Waals surface area contributed by atoms with Gasteiger partial charge < -0.3 is 5.73 Å². The van der Waals surface area contributed by atoms with E-state index < -0.39 is 0 Å². The van der Waals surface area contributed by atoms with Crippen molar-refractivity contribution < 1.29 is 4.39 Å². The van der Waals surface area contributed by atoms with Crippen LogP contribution < -0.4 is 5.73 Å². The number of halogens is 1. The Balaban J connectivity index is 1.83. The van der Waals surface area contributed by atoms with Gasteiger partial charge in [0.25, 0.3) is 0 Å². The molecule has 17 heavy (non-hydrogen) atoms. The molecule has 3 heteroatoms. The zero-order chi connectivity index (χ0) is 12.1. The van der Waals surface area contributed by atoms with Crippen LogP contribution in [-0.2, 0) is 12.3 Å². The van der Waals surface area contributed by atoms with E-state index in [0.717, 1.165) is 22.8 Å². The molecular formula is C14H20FNS. The third kappa shape index (κ3) is 4.00. The molecule has 2 rings (SSSR count). The summed E-state index contributed by atoms with van der Waals surface area (Å²) in [4.78, 5) is 0. The molecule has 0 heterocycles. The average Bonchev–Trinajstić information content (AvgIpc) is 2.81. The van der Waals surface area contributed by atoms with Crippen LogP contribution in [0.1, 0.15) is 36.8 Å². The maximum Gasteiger partial charge on any atom is 0.123 e. The van der Waals surface area contributed by atoms with E-state index >= 15 is 0 Å². The summed E-state index contributed by atoms with van der Waals surface area (Å²) in [5.74, 6) is 2.85. The Labute approximate surface area is 107 Å². The van der Waals surface area contributed by atoms with E-state index in [9.17, 15) is 4.39 Å². The summed E-state index contributed by atoms with van der Waals surface area (Å²) in [7, 11) is 0. The Hall–Kier alpha value is -0.540. The maximum atomic E-state index is 13.3. The number of thioether (sulfide) groups is 1. The lowest BCUT2D eigenvalue weighted by Crippen LogP contribution is -2.00. The molecule has 1 aromatic rings. The lowest BCUT2D eigenvalue weighted by atomic mass is 10.1. The van der Waals surface area contributed by atoms with Crippen molar-refractivity contribution in [2.75, 3.05) is 5.75 Å². The molecule has 94 valence electrons. The third-order valence-electron chi connectivity index (χ3n) is 3.35. The second kappa shape index (κ2) is 6.41. The van der Waals surface area contributed by atoms with Crippen molar-refractivity contribution in [1.29, 1.82) is 0 Å². The Kier molecular flexibility index (Phi) is 4.86. The largest absolute Gasteiger partial charge is 0.326 e. The highest BCUT2D eigenvalue weighted by atomic mass is 32.2. The minimum atomic E-state index is -0.163. The molecule has 0 saturated heterocycles. The highest BCUT2D eigenvalue weighted by Gasteiger charge is 2.14. The molecular weight excluding hydrogens is 233 g/mol. The van der Waals surface area contributed by atoms with Crippen LogP contribution in [0.5, 0.6) is 0 Å². The molecule has 1 aliphatic rings. The van der Waals surface area contributed by atoms with Gasteiger partial charge in [-0.1, -0.05) is 18.9 Å². The van der Waals surface area contributed by atoms with E-state index in [0.29, 0.717) is 6.54 Å². The Morgan fingerprint density at radius 3 is 2.59 bits per heavy atom. The molecule has 0 aliphatic heterocycles. The van der Waals surface area contributed by atoms with Gasteiger partial charge in [0.1, 0.15) is 5.82 Å². The molecule has 1 aliphatic carbocycles. The molecule has 0 amide bonds. The van der Waals surface area contributed by atoms with Gasteiger partial charge in [0.2, 0.25) is 0 Å². The Morgan fingerprint density at radius 2 is 1.88 bits per heavy atom. The average molecular weight is 253 g/mol. The first-order chi connectivity index (χ1) is 8.28. The van der Waals surface area contributed by atoms with Crippen molar-refractivity contribution in [2.45, 2.75) is 38.0 Å². The van der Waals surface area contributed by atoms with Crippen molar-refractivity contribution in [2.24, 2.45) is 11.7 Å². The molecule has 1 aromatic carbocycles. The molecule has 0 bridgehead atoms. The standard InChI is InChI=1S/C14H20FNS/c15-14-6-12(8-16)5-13(7-14)10-17-9-11-3-1-2-4-11/h5-7,11H,1-4,8-10,16H2. The molecule has 0 spiro atoms. The summed E-state index contributed by atoms with van der Waals surface area (Å²) < 4.78 is 13.3. The van der Waals surface area contributed by atoms with Crippen LogP contribution in [0.25, 0.3) is 0 Å². The van der Waals surface area contributed by atoms with Crippen LogP contribution in [-0.4, -0.2) is 5.75 Å². The second-order valence-corrected chi connectivity index (χ2v) is 5.87. The molecule has 2 N–H and O–H groups in total. The molecule has 0 atom stereocenters. The number of hydrogen-bond donors (Lipinski definition) is 1. The normalized spacial score (nSPS) is 16.6. The highest BCUT2D eigenvalue weighted by Crippen LogP contribution is 2.29. The lowest BCUT2D eigenvalue weighted by Gasteiger charge is -2.09. The van der Waals surface area contributed by atoms with Gasteiger partial charge in [-0.05, 0) is 47.8 Å². The topological polar surface area (TPSA) is 26.0 Å². The molecule has 0 aromatic heterocycles. The molecule has 1 fully saturated rings. The van der Waals surface area contributed by atoms with E-state index in [1.807, 2.05) is 17.8 Å². The minimum Gasteiger partial charge on any atom is -0.326 e. The van der Waals surface area contributed by atoms with Gasteiger partial charge >= 0.3 is 0 Å². The smallest absolute Gasteiger partial charge is 0.123 e. The maximum absolute atomic E-state index is 13.3. The summed E-state index contributed by atoms with van der Waals surface area (Å²) in [6.45, 7) is 0.415. The first-order valence-corrected chi connectivity index (χ1v) is 7.49. The van der Waals surface area contributed by atoms with E-state index in [4.69, 9.17) is 5.73 Å². The van der Waals surface area contributed by atoms with Crippen molar-refractivity contribution in [3.63, 3.8) is 0 Å². The van der Waals surface area contributed by atoms with Crippen molar-refractivity contribution in [3.05, 3.63) is 35.1 Å². The van der Waals surface area contributed by atoms with E-state index in [-0.39, 0.29) is 5.82 Å². The fourth-order valence-electron chi connectivity index (χ4n) is 2.44. The Morgan fingerprint density at radius 1 is 1.18 bits per heavy atom. The van der Waals surface area contributed by atoms with Gasteiger partial charge in [-0.15, -0.1) is 0 Å². The van der Waals surface area contributed by atoms with Crippen molar-refractivity contribution in [3.8, 4) is 0 Å². The molecule has 1 nitrogen and oxygen atoms in total. The van der Waals surface area contributed by atoms with Crippen LogP contribution >= 0.6 is 11.8 Å². The predicted octanol–water partition coefficient (Wildman–Crippen LogP) is 3.71. The van der Waals surface area contributed by atoms with Gasteiger partial charge in [-0.2, -0.15) is 11.8 Å². The monoisotopic (exact) mass is 253 g/mol. The van der Waals surface area contributed by atoms with E-state index in [1.54, 1.807) is 6.07 Å². The van der Waals surface area contributed by atoms with Crippen LogP contribution in [0.3, 0.4) is 0 Å². The SMILES string of the molecule is NCc1cc(F)cc(CSCC2CCCC2)c1. The number of rotatable bonds is 5. The predicted molar refractivity (Wildman–Crippen MR) is 72.4 cm³/mol. The third-order valence-corrected chi connectivity index (χ3v) is 4.59. The Bertz CT molecular complexity index is 361. The number of benzene rings is 1. The highest BCUT2D eigenvalue weighted by molar-refractivity contribution is 7.98. The summed E-state index contributed by atoms with van der Waals surface area (Å²) in [6, 6.07) is 5.16. The van der Waals surface area contributed by atoms with Crippen LogP contribution in [0, 0.1) is 11.7 Å². The lowest BCUT2D eigenvalue weighted by molar-refractivity contribution is 0.622. The summed E-state index contributed by atoms with van der Waals surface area (Å²) in [6.07, 6.45) is 5.54. The summed E-state index contributed by atoms with van der Waals surface area (Å²) >= 11 is 1.92. The first kappa shape index (κ1) is 12.9. The molecule has 0 radical (unpaired) electrons. The summed E-state index contributed by atoms with van der Waals surface area (Å²) in [5, 5.41) is 0. The van der Waals surface area contributed by atoms with Crippen LogP contribution in [0.2, 0.25) is 0 Å². The molecule has 1 saturated carbocycles. The van der Waals surface area contributed by atoms with Crippen LogP contribution in [0.4, 0.5) is 4.39 Å². The van der Waals surface area contributed by atoms with E-state index in [2.05, 4.69) is 0 Å². The zero-order valence-corrected chi connectivity index (χ0v) is 10.9. The fourth-order valence-corrected chi connectivity index (χ4v) is 3.63. The fraction of sp³-hybridized carbons (Fsp3) is 0.571. The van der Waals surface area contributed by atoms with Gasteiger partial charge in [0.05, 0.1) is 0 Å². The van der Waals surface area contributed by atoms with E-state index in [1.165, 1.54) is 37.5 Å². The van der Waals surface area contributed by atoms with Crippen LogP contribution in [0.15, 0.2) is 18.2 Å². The van der Waals surface area contributed by atoms with Gasteiger partial charge in [0.15, 0.2) is 0 Å².